The van der Waals surface area contributed by atoms with Crippen molar-refractivity contribution in [3.8, 4) is 0 Å². The second kappa shape index (κ2) is 4.89. The number of aliphatic hydroxyl groups excluding tert-OH is 1. The van der Waals surface area contributed by atoms with Gasteiger partial charge < -0.3 is 14.9 Å². The smallest absolute Gasteiger partial charge is 0.264 e. The quantitative estimate of drug-likeness (QED) is 0.878. The molecule has 1 N–H and O–H groups in total. The predicted molar refractivity (Wildman–Crippen MR) is 75.7 cm³/mol. The number of thiophene rings is 1. The second-order valence-corrected chi connectivity index (χ2v) is 6.86. The van der Waals surface area contributed by atoms with Crippen LogP contribution in [0.25, 0.3) is 0 Å². The number of hydrogen-bond donors (Lipinski definition) is 1. The molecular formula is C14H20N2O2S. The second-order valence-electron chi connectivity index (χ2n) is 5.72. The number of likely N-dealkylation sites (tertiary alicyclic amines) is 1. The molecule has 1 aromatic heterocycles. The number of amides is 1. The minimum atomic E-state index is -0.439. The van der Waals surface area contributed by atoms with Crippen LogP contribution in [0.5, 0.6) is 0 Å². The third-order valence-corrected chi connectivity index (χ3v) is 5.39. The number of rotatable bonds is 2. The first-order chi connectivity index (χ1) is 9.06. The molecule has 0 saturated carbocycles. The zero-order valence-corrected chi connectivity index (χ0v) is 12.2. The van der Waals surface area contributed by atoms with Gasteiger partial charge in [0.1, 0.15) is 0 Å². The molecular weight excluding hydrogens is 260 g/mol. The molecule has 19 heavy (non-hydrogen) atoms. The molecule has 0 spiro atoms. The molecule has 4 nitrogen and oxygen atoms in total. The number of β-amino-alcohol motifs (C(OH)–C–C–N with tert-alkyl or cyclic N) is 1. The fourth-order valence-corrected chi connectivity index (χ4v) is 4.25. The van der Waals surface area contributed by atoms with Gasteiger partial charge in [-0.3, -0.25) is 4.79 Å². The maximum atomic E-state index is 12.5. The molecule has 1 aliphatic carbocycles. The van der Waals surface area contributed by atoms with E-state index in [2.05, 4.69) is 6.07 Å². The number of carbonyl (C=O) groups excluding carboxylic acids is 1. The Morgan fingerprint density at radius 2 is 2.21 bits per heavy atom. The van der Waals surface area contributed by atoms with Gasteiger partial charge in [-0.1, -0.05) is 0 Å². The van der Waals surface area contributed by atoms with Crippen LogP contribution in [0.1, 0.15) is 26.5 Å². The summed E-state index contributed by atoms with van der Waals surface area (Å²) >= 11 is 1.64. The minimum absolute atomic E-state index is 0.0516. The molecule has 0 bridgehead atoms. The fraction of sp³-hybridized carbons (Fsp3) is 0.643. The zero-order valence-electron chi connectivity index (χ0n) is 11.4. The Bertz CT molecular complexity index is 476. The van der Waals surface area contributed by atoms with Crippen LogP contribution in [0.3, 0.4) is 0 Å². The van der Waals surface area contributed by atoms with Crippen molar-refractivity contribution in [1.29, 1.82) is 0 Å². The molecule has 0 aromatic carbocycles. The lowest BCUT2D eigenvalue weighted by atomic mass is 10.2. The predicted octanol–water partition coefficient (Wildman–Crippen LogP) is 0.984. The molecule has 1 fully saturated rings. The average Bonchev–Trinajstić information content (AvgIpc) is 2.99. The molecule has 2 atom stereocenters. The van der Waals surface area contributed by atoms with Gasteiger partial charge in [0, 0.05) is 18.0 Å². The van der Waals surface area contributed by atoms with Crippen LogP contribution in [-0.2, 0) is 12.8 Å². The van der Waals surface area contributed by atoms with E-state index in [-0.39, 0.29) is 11.9 Å². The van der Waals surface area contributed by atoms with Crippen LogP contribution in [-0.4, -0.2) is 60.1 Å². The SMILES string of the molecule is CN(C)[C@@H]1CN(C(=O)c2cc3c(s2)CCC3)C[C@H]1O. The van der Waals surface area contributed by atoms with E-state index in [1.54, 1.807) is 16.2 Å². The monoisotopic (exact) mass is 280 g/mol. The van der Waals surface area contributed by atoms with E-state index in [9.17, 15) is 9.90 Å². The summed E-state index contributed by atoms with van der Waals surface area (Å²) in [5, 5.41) is 10.0. The van der Waals surface area contributed by atoms with E-state index >= 15 is 0 Å². The fourth-order valence-electron chi connectivity index (χ4n) is 3.03. The van der Waals surface area contributed by atoms with Gasteiger partial charge in [-0.05, 0) is 45.0 Å². The van der Waals surface area contributed by atoms with Crippen molar-refractivity contribution < 1.29 is 9.90 Å². The first-order valence-electron chi connectivity index (χ1n) is 6.81. The zero-order chi connectivity index (χ0) is 13.6. The van der Waals surface area contributed by atoms with Crippen molar-refractivity contribution in [1.82, 2.24) is 9.80 Å². The molecule has 1 aliphatic heterocycles. The lowest BCUT2D eigenvalue weighted by molar-refractivity contribution is 0.0768. The lowest BCUT2D eigenvalue weighted by Crippen LogP contribution is -2.38. The molecule has 104 valence electrons. The minimum Gasteiger partial charge on any atom is -0.390 e. The molecule has 3 rings (SSSR count). The van der Waals surface area contributed by atoms with Crippen molar-refractivity contribution in [2.45, 2.75) is 31.4 Å². The van der Waals surface area contributed by atoms with Crippen molar-refractivity contribution >= 4 is 17.2 Å². The highest BCUT2D eigenvalue weighted by atomic mass is 32.1. The summed E-state index contributed by atoms with van der Waals surface area (Å²) in [6, 6.07) is 2.11. The van der Waals surface area contributed by atoms with Gasteiger partial charge >= 0.3 is 0 Å². The van der Waals surface area contributed by atoms with Gasteiger partial charge in [0.2, 0.25) is 0 Å². The van der Waals surface area contributed by atoms with Crippen LogP contribution in [0, 0.1) is 0 Å². The Morgan fingerprint density at radius 3 is 2.84 bits per heavy atom. The van der Waals surface area contributed by atoms with E-state index in [4.69, 9.17) is 0 Å². The van der Waals surface area contributed by atoms with Gasteiger partial charge in [-0.15, -0.1) is 11.3 Å². The van der Waals surface area contributed by atoms with Crippen molar-refractivity contribution in [3.63, 3.8) is 0 Å². The standard InChI is InChI=1S/C14H20N2O2S/c1-15(2)10-7-16(8-11(10)17)14(18)13-6-9-4-3-5-12(9)19-13/h6,10-11,17H,3-5,7-8H2,1-2H3/t10-,11-/m1/s1. The summed E-state index contributed by atoms with van der Waals surface area (Å²) in [5.74, 6) is 0.0859. The van der Waals surface area contributed by atoms with Crippen LogP contribution in [0.15, 0.2) is 6.07 Å². The Labute approximate surface area is 117 Å². The van der Waals surface area contributed by atoms with Crippen LogP contribution in [0.4, 0.5) is 0 Å². The Morgan fingerprint density at radius 1 is 1.42 bits per heavy atom. The van der Waals surface area contributed by atoms with Gasteiger partial charge in [0.25, 0.3) is 5.91 Å². The van der Waals surface area contributed by atoms with Crippen LogP contribution >= 0.6 is 11.3 Å². The average molecular weight is 280 g/mol. The largest absolute Gasteiger partial charge is 0.390 e. The highest BCUT2D eigenvalue weighted by Gasteiger charge is 2.36. The molecule has 1 amide bonds. The van der Waals surface area contributed by atoms with Crippen molar-refractivity contribution in [2.75, 3.05) is 27.2 Å². The van der Waals surface area contributed by atoms with Gasteiger partial charge in [-0.2, -0.15) is 0 Å². The van der Waals surface area contributed by atoms with E-state index in [1.807, 2.05) is 19.0 Å². The summed E-state index contributed by atoms with van der Waals surface area (Å²) in [6.45, 7) is 1.07. The maximum Gasteiger partial charge on any atom is 0.264 e. The molecule has 0 unspecified atom stereocenters. The lowest BCUT2D eigenvalue weighted by Gasteiger charge is -2.21. The van der Waals surface area contributed by atoms with Gasteiger partial charge in [-0.25, -0.2) is 0 Å². The number of hydrogen-bond acceptors (Lipinski definition) is 4. The third kappa shape index (κ3) is 2.30. The number of carbonyl (C=O) groups is 1. The topological polar surface area (TPSA) is 43.8 Å². The summed E-state index contributed by atoms with van der Waals surface area (Å²) in [7, 11) is 3.89. The third-order valence-electron chi connectivity index (χ3n) is 4.17. The number of nitrogens with zero attached hydrogens (tertiary/aromatic N) is 2. The number of aryl methyl sites for hydroxylation is 2. The van der Waals surface area contributed by atoms with E-state index in [0.29, 0.717) is 13.1 Å². The highest BCUT2D eigenvalue weighted by molar-refractivity contribution is 7.14. The Hall–Kier alpha value is -0.910. The van der Waals surface area contributed by atoms with E-state index < -0.39 is 6.10 Å². The molecule has 2 heterocycles. The number of likely N-dealkylation sites (N-methyl/N-ethyl adjacent to an activating group) is 1. The highest BCUT2D eigenvalue weighted by Crippen LogP contribution is 2.31. The molecule has 1 saturated heterocycles. The van der Waals surface area contributed by atoms with Gasteiger partial charge in [0.05, 0.1) is 17.0 Å². The van der Waals surface area contributed by atoms with E-state index in [1.165, 1.54) is 16.9 Å². The summed E-state index contributed by atoms with van der Waals surface area (Å²) < 4.78 is 0. The van der Waals surface area contributed by atoms with Crippen molar-refractivity contribution in [2.24, 2.45) is 0 Å². The normalized spacial score (nSPS) is 26.2. The van der Waals surface area contributed by atoms with Gasteiger partial charge in [0.15, 0.2) is 0 Å². The van der Waals surface area contributed by atoms with Crippen LogP contribution in [0.2, 0.25) is 0 Å². The molecule has 2 aliphatic rings. The summed E-state index contributed by atoms with van der Waals surface area (Å²) in [6.07, 6.45) is 3.02. The molecule has 1 aromatic rings. The summed E-state index contributed by atoms with van der Waals surface area (Å²) in [4.78, 5) is 18.5. The summed E-state index contributed by atoms with van der Waals surface area (Å²) in [5.41, 5.74) is 1.36. The first-order valence-corrected chi connectivity index (χ1v) is 7.63. The molecule has 0 radical (unpaired) electrons. The number of aliphatic hydroxyl groups is 1. The van der Waals surface area contributed by atoms with E-state index in [0.717, 1.165) is 17.7 Å². The number of fused-ring (bicyclic) bond motifs is 1. The Balaban J connectivity index is 1.74. The molecule has 5 heteroatoms. The van der Waals surface area contributed by atoms with Crippen molar-refractivity contribution in [3.05, 3.63) is 21.4 Å². The first kappa shape index (κ1) is 13.1. The maximum absolute atomic E-state index is 12.5. The van der Waals surface area contributed by atoms with Crippen LogP contribution < -0.4 is 0 Å². The Kier molecular flexibility index (Phi) is 3.37.